The molecule has 1 heteroatoms. The third-order valence-corrected chi connectivity index (χ3v) is 1.49. The second kappa shape index (κ2) is 7.99. The van der Waals surface area contributed by atoms with Gasteiger partial charge in [-0.25, -0.2) is 0 Å². The lowest BCUT2D eigenvalue weighted by Crippen LogP contribution is -1.76. The van der Waals surface area contributed by atoms with Gasteiger partial charge in [-0.05, 0) is 32.3 Å². The zero-order chi connectivity index (χ0) is 9.23. The van der Waals surface area contributed by atoms with Gasteiger partial charge in [0.15, 0.2) is 0 Å². The lowest BCUT2D eigenvalue weighted by Gasteiger charge is -1.95. The molecular weight excluding hydrogens is 146 g/mol. The molecule has 0 bridgehead atoms. The molecule has 0 radical (unpaired) electrons. The average Bonchev–Trinajstić information content (AvgIpc) is 2.11. The van der Waals surface area contributed by atoms with Crippen LogP contribution in [0.25, 0.3) is 0 Å². The number of hydrogen-bond acceptors (Lipinski definition) is 1. The monoisotopic (exact) mass is 163 g/mol. The lowest BCUT2D eigenvalue weighted by molar-refractivity contribution is 1.00. The largest absolute Gasteiger partial charge is 0.269 e. The molecule has 0 aromatic carbocycles. The van der Waals surface area contributed by atoms with Crippen LogP contribution in [0.2, 0.25) is 0 Å². The molecule has 12 heavy (non-hydrogen) atoms. The minimum atomic E-state index is 1.02. The highest BCUT2D eigenvalue weighted by molar-refractivity contribution is 5.54. The minimum Gasteiger partial charge on any atom is -0.269 e. The van der Waals surface area contributed by atoms with Crippen LogP contribution in [-0.2, 0) is 0 Å². The lowest BCUT2D eigenvalue weighted by atomic mass is 10.1. The van der Waals surface area contributed by atoms with Crippen LogP contribution in [0.5, 0.6) is 0 Å². The number of aliphatic imine (C=N–C) groups is 1. The first-order chi connectivity index (χ1) is 5.85. The van der Waals surface area contributed by atoms with Crippen molar-refractivity contribution in [3.8, 4) is 0 Å². The summed E-state index contributed by atoms with van der Waals surface area (Å²) >= 11 is 0. The molecule has 0 fully saturated rings. The van der Waals surface area contributed by atoms with Gasteiger partial charge in [0.1, 0.15) is 0 Å². The van der Waals surface area contributed by atoms with Crippen molar-refractivity contribution >= 4 is 6.21 Å². The summed E-state index contributed by atoms with van der Waals surface area (Å²) in [5.74, 6) is 0. The van der Waals surface area contributed by atoms with Crippen LogP contribution in [0.4, 0.5) is 0 Å². The van der Waals surface area contributed by atoms with Gasteiger partial charge in [0.05, 0.1) is 0 Å². The fourth-order valence-corrected chi connectivity index (χ4v) is 0.806. The molecule has 0 saturated heterocycles. The summed E-state index contributed by atoms with van der Waals surface area (Å²) in [5, 5.41) is 0. The molecule has 0 aromatic heterocycles. The van der Waals surface area contributed by atoms with E-state index in [2.05, 4.69) is 23.7 Å². The van der Waals surface area contributed by atoms with Crippen LogP contribution in [0.3, 0.4) is 0 Å². The molecule has 0 N–H and O–H groups in total. The van der Waals surface area contributed by atoms with E-state index in [4.69, 9.17) is 0 Å². The van der Waals surface area contributed by atoms with Crippen molar-refractivity contribution < 1.29 is 0 Å². The van der Waals surface area contributed by atoms with E-state index < -0.39 is 0 Å². The molecule has 0 aliphatic carbocycles. The number of nitrogens with zero attached hydrogens (tertiary/aromatic N) is 1. The van der Waals surface area contributed by atoms with Crippen molar-refractivity contribution in [3.63, 3.8) is 0 Å². The standard InChI is InChI=1S/C11H17N/c1-4-7-8-9-11(5-2)10-12-6-3/h4-7,10H,2,8-9H2,1,3H3/b7-4+,11-10+,12-6?. The van der Waals surface area contributed by atoms with Gasteiger partial charge < -0.3 is 0 Å². The average molecular weight is 163 g/mol. The molecule has 1 nitrogen and oxygen atoms in total. The molecule has 0 spiro atoms. The number of allylic oxidation sites excluding steroid dienone is 4. The highest BCUT2D eigenvalue weighted by Crippen LogP contribution is 2.06. The van der Waals surface area contributed by atoms with Crippen LogP contribution in [0.1, 0.15) is 26.7 Å². The van der Waals surface area contributed by atoms with Gasteiger partial charge >= 0.3 is 0 Å². The highest BCUT2D eigenvalue weighted by atomic mass is 14.7. The van der Waals surface area contributed by atoms with E-state index in [1.807, 2.05) is 26.1 Å². The molecule has 0 saturated carbocycles. The summed E-state index contributed by atoms with van der Waals surface area (Å²) in [6.45, 7) is 7.66. The van der Waals surface area contributed by atoms with Crippen molar-refractivity contribution in [1.29, 1.82) is 0 Å². The van der Waals surface area contributed by atoms with E-state index in [1.54, 1.807) is 6.21 Å². The summed E-state index contributed by atoms with van der Waals surface area (Å²) < 4.78 is 0. The SMILES string of the molecule is C=C/C(=C\N=CC)CC/C=C/C. The Kier molecular flexibility index (Phi) is 7.25. The Morgan fingerprint density at radius 3 is 2.67 bits per heavy atom. The highest BCUT2D eigenvalue weighted by Gasteiger charge is 1.87. The van der Waals surface area contributed by atoms with Crippen LogP contribution in [-0.4, -0.2) is 6.21 Å². The quantitative estimate of drug-likeness (QED) is 0.334. The van der Waals surface area contributed by atoms with Gasteiger partial charge in [-0.1, -0.05) is 24.8 Å². The second-order valence-electron chi connectivity index (χ2n) is 2.42. The number of rotatable bonds is 5. The van der Waals surface area contributed by atoms with Crippen LogP contribution >= 0.6 is 0 Å². The van der Waals surface area contributed by atoms with Crippen LogP contribution in [0.15, 0.2) is 41.6 Å². The molecule has 0 rings (SSSR count). The normalized spacial score (nSPS) is 13.0. The van der Waals surface area contributed by atoms with E-state index >= 15 is 0 Å². The van der Waals surface area contributed by atoms with E-state index in [1.165, 1.54) is 5.57 Å². The maximum atomic E-state index is 4.04. The fourth-order valence-electron chi connectivity index (χ4n) is 0.806. The minimum absolute atomic E-state index is 1.02. The van der Waals surface area contributed by atoms with Gasteiger partial charge in [-0.3, -0.25) is 4.99 Å². The fraction of sp³-hybridized carbons (Fsp3) is 0.364. The van der Waals surface area contributed by atoms with Gasteiger partial charge in [0.25, 0.3) is 0 Å². The Morgan fingerprint density at radius 1 is 1.42 bits per heavy atom. The Hall–Kier alpha value is -1.11. The molecule has 0 aliphatic heterocycles. The zero-order valence-electron chi connectivity index (χ0n) is 7.96. The molecule has 0 aromatic rings. The first-order valence-corrected chi connectivity index (χ1v) is 4.25. The topological polar surface area (TPSA) is 12.4 Å². The van der Waals surface area contributed by atoms with Crippen molar-refractivity contribution in [2.75, 3.05) is 0 Å². The third-order valence-electron chi connectivity index (χ3n) is 1.49. The predicted molar refractivity (Wildman–Crippen MR) is 56.5 cm³/mol. The Labute approximate surface area is 75.2 Å². The Balaban J connectivity index is 3.90. The van der Waals surface area contributed by atoms with E-state index in [0.29, 0.717) is 0 Å². The van der Waals surface area contributed by atoms with Crippen LogP contribution in [0, 0.1) is 0 Å². The van der Waals surface area contributed by atoms with E-state index in [-0.39, 0.29) is 0 Å². The van der Waals surface area contributed by atoms with Crippen molar-refractivity contribution in [3.05, 3.63) is 36.6 Å². The first-order valence-electron chi connectivity index (χ1n) is 4.25. The number of hydrogen-bond donors (Lipinski definition) is 0. The second-order valence-corrected chi connectivity index (χ2v) is 2.42. The molecule has 66 valence electrons. The first kappa shape index (κ1) is 10.9. The van der Waals surface area contributed by atoms with Gasteiger partial charge in [0.2, 0.25) is 0 Å². The summed E-state index contributed by atoms with van der Waals surface area (Å²) in [6, 6.07) is 0. The van der Waals surface area contributed by atoms with Crippen molar-refractivity contribution in [2.24, 2.45) is 4.99 Å². The van der Waals surface area contributed by atoms with Gasteiger partial charge in [-0.15, -0.1) is 0 Å². The van der Waals surface area contributed by atoms with E-state index in [9.17, 15) is 0 Å². The van der Waals surface area contributed by atoms with Crippen LogP contribution < -0.4 is 0 Å². The Bertz CT molecular complexity index is 197. The summed E-state index contributed by atoms with van der Waals surface area (Å²) in [4.78, 5) is 4.04. The summed E-state index contributed by atoms with van der Waals surface area (Å²) in [6.07, 6.45) is 11.8. The smallest absolute Gasteiger partial charge is 0.0295 e. The molecule has 0 atom stereocenters. The summed E-state index contributed by atoms with van der Waals surface area (Å²) in [5.41, 5.74) is 1.19. The maximum Gasteiger partial charge on any atom is 0.0295 e. The molecular formula is C11H17N. The summed E-state index contributed by atoms with van der Waals surface area (Å²) in [7, 11) is 0. The molecule has 0 heterocycles. The molecule has 0 unspecified atom stereocenters. The Morgan fingerprint density at radius 2 is 2.17 bits per heavy atom. The zero-order valence-corrected chi connectivity index (χ0v) is 7.96. The van der Waals surface area contributed by atoms with Gasteiger partial charge in [-0.2, -0.15) is 0 Å². The molecule has 0 amide bonds. The van der Waals surface area contributed by atoms with E-state index in [0.717, 1.165) is 12.8 Å². The van der Waals surface area contributed by atoms with Crippen molar-refractivity contribution in [1.82, 2.24) is 0 Å². The molecule has 0 aliphatic rings. The predicted octanol–water partition coefficient (Wildman–Crippen LogP) is 3.50. The van der Waals surface area contributed by atoms with Gasteiger partial charge in [0, 0.05) is 12.4 Å². The third kappa shape index (κ3) is 5.66. The maximum absolute atomic E-state index is 4.04. The van der Waals surface area contributed by atoms with Crippen molar-refractivity contribution in [2.45, 2.75) is 26.7 Å².